The molecule has 1 aliphatic rings. The van der Waals surface area contributed by atoms with Gasteiger partial charge in [0.1, 0.15) is 17.9 Å². The first kappa shape index (κ1) is 24.1. The first-order chi connectivity index (χ1) is 16.4. The van der Waals surface area contributed by atoms with Crippen molar-refractivity contribution in [2.24, 2.45) is 11.1 Å². The van der Waals surface area contributed by atoms with E-state index in [1.165, 1.54) is 30.1 Å². The zero-order chi connectivity index (χ0) is 24.0. The van der Waals surface area contributed by atoms with Gasteiger partial charge >= 0.3 is 0 Å². The van der Waals surface area contributed by atoms with Crippen LogP contribution < -0.4 is 15.2 Å². The number of anilines is 2. The Hall–Kier alpha value is -3.08. The number of benzene rings is 2. The second-order valence-corrected chi connectivity index (χ2v) is 10.5. The zero-order valence-corrected chi connectivity index (χ0v) is 19.8. The van der Waals surface area contributed by atoms with Crippen LogP contribution in [-0.4, -0.2) is 50.6 Å². The van der Waals surface area contributed by atoms with E-state index < -0.39 is 15.5 Å². The minimum Gasteiger partial charge on any atom is -0.493 e. The summed E-state index contributed by atoms with van der Waals surface area (Å²) in [5, 5.41) is 10.3. The molecule has 34 heavy (non-hydrogen) atoms. The molecule has 1 saturated heterocycles. The van der Waals surface area contributed by atoms with Crippen LogP contribution in [0.4, 0.5) is 16.0 Å². The molecule has 3 N–H and O–H groups in total. The van der Waals surface area contributed by atoms with Crippen molar-refractivity contribution in [2.75, 3.05) is 31.4 Å². The predicted octanol–water partition coefficient (Wildman–Crippen LogP) is 3.56. The number of halogens is 1. The largest absolute Gasteiger partial charge is 0.493 e. The summed E-state index contributed by atoms with van der Waals surface area (Å²) in [6.07, 6.45) is 5.76. The standard InChI is InChI=1S/C24H28FN5O3S/c1-34(26,31)15-18-3-2-4-20(13-18)29-24-28-16-27-23(30-24)21-6-5-19(25)14-22(21)33-12-9-17-7-10-32-11-8-17/h2-6,13-17H,7-12H2,1H3,(H2,26,31)(H,27,28,29,30). The molecule has 0 saturated carbocycles. The molecule has 0 aliphatic carbocycles. The SMILES string of the molecule is CS(N)(=O)=Cc1cccc(Nc2ncnc(-c3ccc(F)cc3OCCC3CCOCC3)n2)c1. The monoisotopic (exact) mass is 485 g/mol. The van der Waals surface area contributed by atoms with Crippen LogP contribution in [0.3, 0.4) is 0 Å². The second-order valence-electron chi connectivity index (χ2n) is 8.30. The van der Waals surface area contributed by atoms with E-state index in [-0.39, 0.29) is 0 Å². The molecule has 2 aromatic carbocycles. The number of aromatic nitrogens is 3. The Bertz CT molecular complexity index is 1250. The van der Waals surface area contributed by atoms with Crippen LogP contribution in [0.25, 0.3) is 11.4 Å². The van der Waals surface area contributed by atoms with Crippen molar-refractivity contribution < 1.29 is 18.1 Å². The quantitative estimate of drug-likeness (QED) is 0.469. The van der Waals surface area contributed by atoms with Crippen molar-refractivity contribution >= 4 is 26.7 Å². The summed E-state index contributed by atoms with van der Waals surface area (Å²) < 4.78 is 37.2. The van der Waals surface area contributed by atoms with E-state index in [9.17, 15) is 8.60 Å². The fourth-order valence-corrected chi connectivity index (χ4v) is 4.43. The number of rotatable bonds is 8. The van der Waals surface area contributed by atoms with Gasteiger partial charge in [0, 0.05) is 46.3 Å². The normalized spacial score (nSPS) is 16.0. The van der Waals surface area contributed by atoms with Crippen molar-refractivity contribution in [1.29, 1.82) is 0 Å². The lowest BCUT2D eigenvalue weighted by atomic mass is 9.97. The van der Waals surface area contributed by atoms with Crippen molar-refractivity contribution in [3.05, 3.63) is 60.2 Å². The molecule has 0 amide bonds. The Morgan fingerprint density at radius 3 is 2.85 bits per heavy atom. The molecule has 3 aromatic rings. The van der Waals surface area contributed by atoms with E-state index >= 15 is 0 Å². The van der Waals surface area contributed by atoms with Crippen LogP contribution in [0.15, 0.2) is 48.8 Å². The molecule has 2 heterocycles. The van der Waals surface area contributed by atoms with E-state index in [1.54, 1.807) is 12.1 Å². The molecule has 1 fully saturated rings. The van der Waals surface area contributed by atoms with E-state index in [2.05, 4.69) is 20.3 Å². The summed E-state index contributed by atoms with van der Waals surface area (Å²) >= 11 is 0. The Kier molecular flexibility index (Phi) is 7.71. The highest BCUT2D eigenvalue weighted by Gasteiger charge is 2.16. The fourth-order valence-electron chi connectivity index (χ4n) is 3.75. The van der Waals surface area contributed by atoms with Gasteiger partial charge in [-0.25, -0.2) is 14.4 Å². The number of nitrogens with one attached hydrogen (secondary N) is 1. The maximum atomic E-state index is 14.0. The summed E-state index contributed by atoms with van der Waals surface area (Å²) in [5.41, 5.74) is 1.99. The molecule has 8 nitrogen and oxygen atoms in total. The summed E-state index contributed by atoms with van der Waals surface area (Å²) in [4.78, 5) is 12.9. The lowest BCUT2D eigenvalue weighted by molar-refractivity contribution is 0.0593. The Morgan fingerprint density at radius 1 is 1.24 bits per heavy atom. The maximum absolute atomic E-state index is 14.0. The van der Waals surface area contributed by atoms with Gasteiger partial charge in [-0.2, -0.15) is 4.98 Å². The molecular weight excluding hydrogens is 457 g/mol. The van der Waals surface area contributed by atoms with Crippen LogP contribution >= 0.6 is 0 Å². The van der Waals surface area contributed by atoms with Crippen molar-refractivity contribution in [1.82, 2.24) is 15.0 Å². The molecule has 1 aliphatic heterocycles. The van der Waals surface area contributed by atoms with Crippen LogP contribution in [0, 0.1) is 11.7 Å². The van der Waals surface area contributed by atoms with E-state index in [4.69, 9.17) is 14.6 Å². The minimum atomic E-state index is -2.53. The molecule has 4 rings (SSSR count). The zero-order valence-electron chi connectivity index (χ0n) is 18.9. The summed E-state index contributed by atoms with van der Waals surface area (Å²) in [5.74, 6) is 1.22. The summed E-state index contributed by atoms with van der Waals surface area (Å²) in [6.45, 7) is 2.03. The average molecular weight is 486 g/mol. The van der Waals surface area contributed by atoms with Gasteiger partial charge in [0.25, 0.3) is 0 Å². The Balaban J connectivity index is 1.51. The van der Waals surface area contributed by atoms with Crippen molar-refractivity contribution in [3.8, 4) is 17.1 Å². The minimum absolute atomic E-state index is 0.310. The average Bonchev–Trinajstić information content (AvgIpc) is 2.79. The predicted molar refractivity (Wildman–Crippen MR) is 132 cm³/mol. The first-order valence-electron chi connectivity index (χ1n) is 11.0. The summed E-state index contributed by atoms with van der Waals surface area (Å²) in [7, 11) is -2.53. The molecule has 1 unspecified atom stereocenters. The molecule has 10 heteroatoms. The number of hydrogen-bond acceptors (Lipinski definition) is 7. The van der Waals surface area contributed by atoms with Crippen molar-refractivity contribution in [3.63, 3.8) is 0 Å². The van der Waals surface area contributed by atoms with Crippen LogP contribution in [0.5, 0.6) is 5.75 Å². The van der Waals surface area contributed by atoms with Gasteiger partial charge in [0.05, 0.1) is 12.2 Å². The van der Waals surface area contributed by atoms with Crippen molar-refractivity contribution in [2.45, 2.75) is 19.3 Å². The topological polar surface area (TPSA) is 112 Å². The van der Waals surface area contributed by atoms with Gasteiger partial charge in [-0.15, -0.1) is 0 Å². The van der Waals surface area contributed by atoms with Gasteiger partial charge in [0.2, 0.25) is 5.95 Å². The van der Waals surface area contributed by atoms with Crippen LogP contribution in [0.1, 0.15) is 24.8 Å². The van der Waals surface area contributed by atoms with Gasteiger partial charge in [-0.1, -0.05) is 12.1 Å². The molecule has 0 spiro atoms. The van der Waals surface area contributed by atoms with Gasteiger partial charge in [-0.05, 0) is 55.0 Å². The smallest absolute Gasteiger partial charge is 0.230 e. The third-order valence-corrected chi connectivity index (χ3v) is 6.13. The lowest BCUT2D eigenvalue weighted by Crippen LogP contribution is -2.18. The third kappa shape index (κ3) is 6.96. The Labute approximate surface area is 198 Å². The molecule has 1 atom stereocenters. The highest BCUT2D eigenvalue weighted by atomic mass is 32.2. The van der Waals surface area contributed by atoms with E-state index in [0.29, 0.717) is 46.9 Å². The highest BCUT2D eigenvalue weighted by molar-refractivity contribution is 7.98. The molecular formula is C24H28FN5O3S. The fraction of sp³-hybridized carbons (Fsp3) is 0.333. The number of nitrogens with zero attached hydrogens (tertiary/aromatic N) is 3. The van der Waals surface area contributed by atoms with Gasteiger partial charge in [-0.3, -0.25) is 9.35 Å². The second kappa shape index (κ2) is 10.9. The third-order valence-electron chi connectivity index (χ3n) is 5.39. The van der Waals surface area contributed by atoms with E-state index in [0.717, 1.165) is 32.5 Å². The number of hydrogen-bond donors (Lipinski definition) is 2. The van der Waals surface area contributed by atoms with Crippen LogP contribution in [0.2, 0.25) is 0 Å². The highest BCUT2D eigenvalue weighted by Crippen LogP contribution is 2.30. The van der Waals surface area contributed by atoms with Gasteiger partial charge < -0.3 is 14.8 Å². The Morgan fingerprint density at radius 2 is 2.06 bits per heavy atom. The van der Waals surface area contributed by atoms with E-state index in [1.807, 2.05) is 18.2 Å². The number of nitrogens with two attached hydrogens (primary N) is 1. The van der Waals surface area contributed by atoms with Crippen LogP contribution in [-0.2, 0) is 14.4 Å². The first-order valence-corrected chi connectivity index (χ1v) is 13.1. The molecule has 1 aromatic heterocycles. The molecule has 0 bridgehead atoms. The van der Waals surface area contributed by atoms with Gasteiger partial charge in [0.15, 0.2) is 5.82 Å². The molecule has 180 valence electrons. The maximum Gasteiger partial charge on any atom is 0.230 e. The molecule has 0 radical (unpaired) electrons. The lowest BCUT2D eigenvalue weighted by Gasteiger charge is -2.22. The number of ether oxygens (including phenoxy) is 2. The summed E-state index contributed by atoms with van der Waals surface area (Å²) in [6, 6.07) is 11.6.